The van der Waals surface area contributed by atoms with Gasteiger partial charge in [-0.2, -0.15) is 9.61 Å². The maximum atomic E-state index is 11.3. The van der Waals surface area contributed by atoms with Crippen molar-refractivity contribution in [2.75, 3.05) is 5.32 Å². The second-order valence-corrected chi connectivity index (χ2v) is 3.98. The van der Waals surface area contributed by atoms with Crippen molar-refractivity contribution in [3.05, 3.63) is 22.6 Å². The van der Waals surface area contributed by atoms with Gasteiger partial charge in [0.15, 0.2) is 5.65 Å². The van der Waals surface area contributed by atoms with E-state index in [4.69, 9.17) is 5.11 Å². The molecule has 2 heterocycles. The Morgan fingerprint density at radius 1 is 1.50 bits per heavy atom. The number of hydrogen-bond donors (Lipinski definition) is 3. The lowest BCUT2D eigenvalue weighted by Crippen LogP contribution is -2.39. The Bertz CT molecular complexity index is 569. The van der Waals surface area contributed by atoms with Crippen molar-refractivity contribution in [1.82, 2.24) is 19.8 Å². The summed E-state index contributed by atoms with van der Waals surface area (Å²) in [5.74, 6) is 0.618. The summed E-state index contributed by atoms with van der Waals surface area (Å²) in [5, 5.41) is 22.5. The van der Waals surface area contributed by atoms with E-state index >= 15 is 0 Å². The van der Waals surface area contributed by atoms with Gasteiger partial charge in [-0.1, -0.05) is 0 Å². The number of anilines is 1. The Balaban J connectivity index is 1.87. The predicted molar refractivity (Wildman–Crippen MR) is 56.3 cm³/mol. The Hall–Kier alpha value is -1.89. The van der Waals surface area contributed by atoms with Gasteiger partial charge < -0.3 is 10.4 Å². The van der Waals surface area contributed by atoms with Crippen LogP contribution in [0.2, 0.25) is 0 Å². The van der Waals surface area contributed by atoms with Crippen molar-refractivity contribution in [3.63, 3.8) is 0 Å². The van der Waals surface area contributed by atoms with E-state index in [-0.39, 0.29) is 17.8 Å². The lowest BCUT2D eigenvalue weighted by atomic mass is 9.89. The van der Waals surface area contributed by atoms with E-state index in [1.165, 1.54) is 4.52 Å². The number of nitrogens with one attached hydrogen (secondary N) is 2. The van der Waals surface area contributed by atoms with Crippen LogP contribution >= 0.6 is 0 Å². The van der Waals surface area contributed by atoms with Crippen LogP contribution in [0.25, 0.3) is 5.65 Å². The van der Waals surface area contributed by atoms with Crippen molar-refractivity contribution < 1.29 is 5.11 Å². The molecule has 0 aromatic carbocycles. The largest absolute Gasteiger partial charge is 0.393 e. The van der Waals surface area contributed by atoms with Crippen molar-refractivity contribution in [3.8, 4) is 0 Å². The fourth-order valence-corrected chi connectivity index (χ4v) is 1.79. The van der Waals surface area contributed by atoms with E-state index in [1.54, 1.807) is 12.1 Å². The number of rotatable bonds is 2. The van der Waals surface area contributed by atoms with Crippen LogP contribution in [0, 0.1) is 0 Å². The van der Waals surface area contributed by atoms with Crippen molar-refractivity contribution in [1.29, 1.82) is 0 Å². The molecule has 3 rings (SSSR count). The highest BCUT2D eigenvalue weighted by Gasteiger charge is 2.27. The first-order chi connectivity index (χ1) is 7.72. The molecular formula is C9H11N5O2. The normalized spacial score (nSPS) is 24.3. The molecule has 0 amide bonds. The highest BCUT2D eigenvalue weighted by molar-refractivity contribution is 5.43. The standard InChI is InChI=1S/C9H11N5O2/c15-6-3-5(4-6)10-7-1-2-8-11-12-9(16)14(8)13-7/h1-2,5-6,15H,3-4H2,(H,10,13)(H,12,16). The average molecular weight is 221 g/mol. The summed E-state index contributed by atoms with van der Waals surface area (Å²) in [6.07, 6.45) is 1.23. The van der Waals surface area contributed by atoms with E-state index in [0.717, 1.165) is 12.8 Å². The molecule has 2 aromatic rings. The molecule has 1 fully saturated rings. The number of aliphatic hydroxyl groups excluding tert-OH is 1. The van der Waals surface area contributed by atoms with Crippen LogP contribution in [-0.4, -0.2) is 37.1 Å². The number of aromatic nitrogens is 4. The first kappa shape index (κ1) is 9.34. The van der Waals surface area contributed by atoms with Crippen LogP contribution < -0.4 is 11.0 Å². The SMILES string of the molecule is O=c1[nH]nc2ccc(NC3CC(O)C3)nn12. The summed E-state index contributed by atoms with van der Waals surface area (Å²) in [6.45, 7) is 0. The Morgan fingerprint density at radius 2 is 2.31 bits per heavy atom. The second kappa shape index (κ2) is 3.31. The van der Waals surface area contributed by atoms with Crippen molar-refractivity contribution in [2.24, 2.45) is 0 Å². The highest BCUT2D eigenvalue weighted by atomic mass is 16.3. The molecule has 0 bridgehead atoms. The van der Waals surface area contributed by atoms with E-state index < -0.39 is 0 Å². The zero-order valence-electron chi connectivity index (χ0n) is 8.42. The van der Waals surface area contributed by atoms with Crippen LogP contribution in [0.15, 0.2) is 16.9 Å². The third-order valence-electron chi connectivity index (χ3n) is 2.74. The summed E-state index contributed by atoms with van der Waals surface area (Å²) in [4.78, 5) is 11.3. The molecule has 0 atom stereocenters. The zero-order chi connectivity index (χ0) is 11.1. The Morgan fingerprint density at radius 3 is 3.06 bits per heavy atom. The molecule has 7 heteroatoms. The maximum absolute atomic E-state index is 11.3. The molecule has 84 valence electrons. The molecule has 0 saturated heterocycles. The molecule has 1 saturated carbocycles. The molecule has 0 spiro atoms. The summed E-state index contributed by atoms with van der Waals surface area (Å²) in [7, 11) is 0. The molecular weight excluding hydrogens is 210 g/mol. The Kier molecular flexibility index (Phi) is 1.93. The minimum Gasteiger partial charge on any atom is -0.393 e. The van der Waals surface area contributed by atoms with Gasteiger partial charge >= 0.3 is 5.69 Å². The molecule has 1 aliphatic carbocycles. The average Bonchev–Trinajstić information content (AvgIpc) is 2.58. The van der Waals surface area contributed by atoms with Gasteiger partial charge in [-0.25, -0.2) is 9.89 Å². The van der Waals surface area contributed by atoms with Crippen LogP contribution in [0.1, 0.15) is 12.8 Å². The molecule has 2 aromatic heterocycles. The van der Waals surface area contributed by atoms with Crippen LogP contribution in [0.4, 0.5) is 5.82 Å². The summed E-state index contributed by atoms with van der Waals surface area (Å²) in [5.41, 5.74) is 0.136. The second-order valence-electron chi connectivity index (χ2n) is 3.98. The summed E-state index contributed by atoms with van der Waals surface area (Å²) in [6, 6.07) is 3.71. The molecule has 0 radical (unpaired) electrons. The van der Waals surface area contributed by atoms with E-state index in [0.29, 0.717) is 11.5 Å². The molecule has 1 aliphatic rings. The van der Waals surface area contributed by atoms with Gasteiger partial charge in [-0.15, -0.1) is 5.10 Å². The van der Waals surface area contributed by atoms with E-state index in [1.807, 2.05) is 0 Å². The third-order valence-corrected chi connectivity index (χ3v) is 2.74. The predicted octanol–water partition coefficient (Wildman–Crippen LogP) is -0.647. The fourth-order valence-electron chi connectivity index (χ4n) is 1.79. The van der Waals surface area contributed by atoms with Gasteiger partial charge in [0.25, 0.3) is 0 Å². The maximum Gasteiger partial charge on any atom is 0.364 e. The van der Waals surface area contributed by atoms with Crippen molar-refractivity contribution in [2.45, 2.75) is 25.0 Å². The van der Waals surface area contributed by atoms with Gasteiger partial charge in [0.05, 0.1) is 6.10 Å². The first-order valence-corrected chi connectivity index (χ1v) is 5.11. The lowest BCUT2D eigenvalue weighted by molar-refractivity contribution is 0.0835. The number of fused-ring (bicyclic) bond motifs is 1. The van der Waals surface area contributed by atoms with Gasteiger partial charge in [-0.05, 0) is 25.0 Å². The first-order valence-electron chi connectivity index (χ1n) is 5.11. The molecule has 7 nitrogen and oxygen atoms in total. The van der Waals surface area contributed by atoms with Gasteiger partial charge in [0, 0.05) is 6.04 Å². The topological polar surface area (TPSA) is 95.3 Å². The monoisotopic (exact) mass is 221 g/mol. The van der Waals surface area contributed by atoms with Crippen LogP contribution in [0.3, 0.4) is 0 Å². The third kappa shape index (κ3) is 1.45. The number of nitrogens with zero attached hydrogens (tertiary/aromatic N) is 3. The molecule has 16 heavy (non-hydrogen) atoms. The van der Waals surface area contributed by atoms with Gasteiger partial charge in [0.1, 0.15) is 5.82 Å². The Labute approximate surface area is 90.1 Å². The van der Waals surface area contributed by atoms with Crippen LogP contribution in [0.5, 0.6) is 0 Å². The number of aromatic amines is 1. The van der Waals surface area contributed by atoms with Crippen molar-refractivity contribution >= 4 is 11.5 Å². The summed E-state index contributed by atoms with van der Waals surface area (Å²) >= 11 is 0. The number of aliphatic hydroxyl groups is 1. The zero-order valence-corrected chi connectivity index (χ0v) is 8.42. The minimum atomic E-state index is -0.354. The molecule has 0 unspecified atom stereocenters. The quantitative estimate of drug-likeness (QED) is 0.626. The number of H-pyrrole nitrogens is 1. The van der Waals surface area contributed by atoms with Gasteiger partial charge in [-0.3, -0.25) is 0 Å². The minimum absolute atomic E-state index is 0.210. The molecule has 0 aliphatic heterocycles. The smallest absolute Gasteiger partial charge is 0.364 e. The number of hydrogen-bond acceptors (Lipinski definition) is 5. The van der Waals surface area contributed by atoms with E-state index in [2.05, 4.69) is 20.6 Å². The highest BCUT2D eigenvalue weighted by Crippen LogP contribution is 2.22. The van der Waals surface area contributed by atoms with E-state index in [9.17, 15) is 4.79 Å². The summed E-state index contributed by atoms with van der Waals surface area (Å²) < 4.78 is 1.21. The van der Waals surface area contributed by atoms with Gasteiger partial charge in [0.2, 0.25) is 0 Å². The van der Waals surface area contributed by atoms with Crippen LogP contribution in [-0.2, 0) is 0 Å². The molecule has 3 N–H and O–H groups in total. The fraction of sp³-hybridized carbons (Fsp3) is 0.444. The lowest BCUT2D eigenvalue weighted by Gasteiger charge is -2.32.